The monoisotopic (exact) mass is 505 g/mol. The summed E-state index contributed by atoms with van der Waals surface area (Å²) >= 11 is 0. The van der Waals surface area contributed by atoms with Gasteiger partial charge < -0.3 is 14.5 Å². The number of unbranched alkanes of at least 4 members (excludes halogenated alkanes) is 1. The van der Waals surface area contributed by atoms with Gasteiger partial charge in [0, 0.05) is 17.8 Å². The molecule has 0 spiro atoms. The van der Waals surface area contributed by atoms with E-state index in [0.29, 0.717) is 18.6 Å². The van der Waals surface area contributed by atoms with Crippen LogP contribution in [0.3, 0.4) is 0 Å². The van der Waals surface area contributed by atoms with Gasteiger partial charge >= 0.3 is 5.97 Å². The molecule has 1 aliphatic rings. The van der Waals surface area contributed by atoms with Crippen molar-refractivity contribution in [1.29, 1.82) is 0 Å². The SMILES string of the molecule is COC(=O)/C=C1/C[C@@H](C)C[C@@H](CCC/C=C\CO[Si](c2ccccc2)(c2ccccc2)C(C)(C)C)N1. The molecule has 0 unspecified atom stereocenters. The Balaban J connectivity index is 1.60. The number of carbonyl (C=O) groups excluding carboxylic acids is 1. The van der Waals surface area contributed by atoms with Crippen LogP contribution >= 0.6 is 0 Å². The molecule has 0 saturated carbocycles. The number of nitrogens with one attached hydrogen (secondary N) is 1. The standard InChI is InChI=1S/C31H43NO3Si/c1-25-22-26(32-27(23-25)24-30(33)34-5)16-10-6-7-15-21-35-36(31(2,3)4,28-17-11-8-12-18-28)29-19-13-9-14-20-29/h7-9,11-15,17-20,24-26,32H,6,10,16,21-23H2,1-5H3/b15-7-,27-24-/t25-,26+/m0/s1. The lowest BCUT2D eigenvalue weighted by Crippen LogP contribution is -2.66. The molecule has 194 valence electrons. The van der Waals surface area contributed by atoms with Crippen molar-refractivity contribution in [2.24, 2.45) is 5.92 Å². The maximum atomic E-state index is 11.6. The molecule has 1 N–H and O–H groups in total. The van der Waals surface area contributed by atoms with Crippen molar-refractivity contribution in [3.05, 3.63) is 84.6 Å². The average molecular weight is 506 g/mol. The second-order valence-corrected chi connectivity index (χ2v) is 15.3. The highest BCUT2D eigenvalue weighted by Crippen LogP contribution is 2.36. The molecule has 0 bridgehead atoms. The van der Waals surface area contributed by atoms with E-state index in [1.165, 1.54) is 17.5 Å². The number of carbonyl (C=O) groups is 1. The lowest BCUT2D eigenvalue weighted by molar-refractivity contribution is -0.134. The fourth-order valence-electron chi connectivity index (χ4n) is 5.42. The molecule has 1 heterocycles. The molecule has 0 radical (unpaired) electrons. The third-order valence-corrected chi connectivity index (χ3v) is 12.0. The normalized spacial score (nSPS) is 19.9. The van der Waals surface area contributed by atoms with Gasteiger partial charge in [0.05, 0.1) is 13.7 Å². The van der Waals surface area contributed by atoms with E-state index in [1.807, 2.05) is 0 Å². The van der Waals surface area contributed by atoms with Crippen molar-refractivity contribution in [3.8, 4) is 0 Å². The quantitative estimate of drug-likeness (QED) is 0.147. The summed E-state index contributed by atoms with van der Waals surface area (Å²) in [5.74, 6) is 0.289. The van der Waals surface area contributed by atoms with E-state index in [2.05, 4.69) is 106 Å². The lowest BCUT2D eigenvalue weighted by atomic mass is 9.89. The lowest BCUT2D eigenvalue weighted by Gasteiger charge is -2.42. The summed E-state index contributed by atoms with van der Waals surface area (Å²) in [6, 6.07) is 22.0. The third-order valence-electron chi connectivity index (χ3n) is 7.04. The smallest absolute Gasteiger partial charge is 0.332 e. The summed E-state index contributed by atoms with van der Waals surface area (Å²) in [6.45, 7) is 9.79. The van der Waals surface area contributed by atoms with E-state index < -0.39 is 8.32 Å². The molecule has 1 fully saturated rings. The zero-order valence-electron chi connectivity index (χ0n) is 22.6. The molecule has 2 atom stereocenters. The largest absolute Gasteiger partial charge is 0.466 e. The van der Waals surface area contributed by atoms with Crippen LogP contribution in [0.5, 0.6) is 0 Å². The fourth-order valence-corrected chi connectivity index (χ4v) is 9.92. The highest BCUT2D eigenvalue weighted by Gasteiger charge is 2.49. The van der Waals surface area contributed by atoms with E-state index in [0.717, 1.165) is 37.8 Å². The Labute approximate surface area is 218 Å². The minimum atomic E-state index is -2.48. The van der Waals surface area contributed by atoms with Gasteiger partial charge in [0.15, 0.2) is 0 Å². The van der Waals surface area contributed by atoms with Crippen molar-refractivity contribution in [1.82, 2.24) is 5.32 Å². The molecule has 2 aromatic carbocycles. The Bertz CT molecular complexity index is 972. The Kier molecular flexibility index (Phi) is 10.1. The first-order valence-electron chi connectivity index (χ1n) is 13.2. The summed E-state index contributed by atoms with van der Waals surface area (Å²) in [6.07, 6.45) is 11.3. The predicted molar refractivity (Wildman–Crippen MR) is 152 cm³/mol. The number of hydrogen-bond acceptors (Lipinski definition) is 4. The number of esters is 1. The van der Waals surface area contributed by atoms with Crippen LogP contribution < -0.4 is 15.7 Å². The summed E-state index contributed by atoms with van der Waals surface area (Å²) in [5.41, 5.74) is 1.000. The molecule has 0 amide bonds. The summed E-state index contributed by atoms with van der Waals surface area (Å²) in [5, 5.41) is 6.15. The predicted octanol–water partition coefficient (Wildman–Crippen LogP) is 5.73. The molecule has 0 aliphatic carbocycles. The van der Waals surface area contributed by atoms with Crippen LogP contribution in [0.1, 0.15) is 59.8 Å². The summed E-state index contributed by atoms with van der Waals surface area (Å²) in [4.78, 5) is 11.6. The zero-order valence-corrected chi connectivity index (χ0v) is 23.6. The summed E-state index contributed by atoms with van der Waals surface area (Å²) in [7, 11) is -1.06. The molecule has 5 heteroatoms. The van der Waals surface area contributed by atoms with Gasteiger partial charge in [-0.05, 0) is 53.4 Å². The van der Waals surface area contributed by atoms with Gasteiger partial charge in [-0.15, -0.1) is 0 Å². The Hall–Kier alpha value is -2.63. The fraction of sp³-hybridized carbons (Fsp3) is 0.452. The van der Waals surface area contributed by atoms with Gasteiger partial charge in [0.1, 0.15) is 0 Å². The first-order valence-corrected chi connectivity index (χ1v) is 15.1. The Morgan fingerprint density at radius 2 is 1.64 bits per heavy atom. The van der Waals surface area contributed by atoms with Crippen molar-refractivity contribution in [2.75, 3.05) is 13.7 Å². The number of methoxy groups -OCH3 is 1. The molecule has 0 aromatic heterocycles. The second kappa shape index (κ2) is 13.1. The van der Waals surface area contributed by atoms with Crippen LogP contribution in [0.25, 0.3) is 0 Å². The van der Waals surface area contributed by atoms with E-state index >= 15 is 0 Å². The van der Waals surface area contributed by atoms with E-state index in [4.69, 9.17) is 9.16 Å². The highest BCUT2D eigenvalue weighted by molar-refractivity contribution is 6.99. The molecular formula is C31H43NO3Si. The molecule has 2 aromatic rings. The first kappa shape index (κ1) is 27.9. The number of piperidine rings is 1. The maximum Gasteiger partial charge on any atom is 0.332 e. The van der Waals surface area contributed by atoms with Crippen LogP contribution in [-0.4, -0.2) is 34.0 Å². The van der Waals surface area contributed by atoms with Gasteiger partial charge in [-0.2, -0.15) is 0 Å². The third kappa shape index (κ3) is 7.20. The zero-order chi connectivity index (χ0) is 26.0. The molecule has 1 aliphatic heterocycles. The van der Waals surface area contributed by atoms with Crippen LogP contribution in [-0.2, 0) is 14.0 Å². The van der Waals surface area contributed by atoms with Crippen LogP contribution in [0.2, 0.25) is 5.04 Å². The van der Waals surface area contributed by atoms with E-state index in [-0.39, 0.29) is 11.0 Å². The van der Waals surface area contributed by atoms with Crippen molar-refractivity contribution < 1.29 is 14.0 Å². The topological polar surface area (TPSA) is 47.6 Å². The molecule has 36 heavy (non-hydrogen) atoms. The molecule has 4 nitrogen and oxygen atoms in total. The van der Waals surface area contributed by atoms with Crippen LogP contribution in [0, 0.1) is 5.92 Å². The molecular weight excluding hydrogens is 462 g/mol. The van der Waals surface area contributed by atoms with Gasteiger partial charge in [-0.3, -0.25) is 0 Å². The summed E-state index contributed by atoms with van der Waals surface area (Å²) < 4.78 is 11.7. The Morgan fingerprint density at radius 3 is 2.19 bits per heavy atom. The Morgan fingerprint density at radius 1 is 1.03 bits per heavy atom. The van der Waals surface area contributed by atoms with Crippen LogP contribution in [0.4, 0.5) is 0 Å². The van der Waals surface area contributed by atoms with Crippen molar-refractivity contribution in [3.63, 3.8) is 0 Å². The van der Waals surface area contributed by atoms with Gasteiger partial charge in [-0.1, -0.05) is 101 Å². The van der Waals surface area contributed by atoms with Crippen molar-refractivity contribution >= 4 is 24.7 Å². The van der Waals surface area contributed by atoms with Gasteiger partial charge in [-0.25, -0.2) is 4.79 Å². The second-order valence-electron chi connectivity index (χ2n) is 11.0. The van der Waals surface area contributed by atoms with E-state index in [1.54, 1.807) is 6.08 Å². The molecule has 3 rings (SSSR count). The number of ether oxygens (including phenoxy) is 1. The maximum absolute atomic E-state index is 11.6. The first-order chi connectivity index (χ1) is 17.3. The average Bonchev–Trinajstić information content (AvgIpc) is 2.85. The highest BCUT2D eigenvalue weighted by atomic mass is 28.4. The molecule has 1 saturated heterocycles. The minimum absolute atomic E-state index is 0.0116. The number of benzene rings is 2. The van der Waals surface area contributed by atoms with Crippen LogP contribution in [0.15, 0.2) is 84.6 Å². The number of allylic oxidation sites excluding steroid dienone is 2. The number of hydrogen-bond donors (Lipinski definition) is 1. The van der Waals surface area contributed by atoms with Gasteiger partial charge in [0.2, 0.25) is 0 Å². The number of rotatable bonds is 10. The van der Waals surface area contributed by atoms with Crippen molar-refractivity contribution in [2.45, 2.75) is 70.9 Å². The van der Waals surface area contributed by atoms with E-state index in [9.17, 15) is 4.79 Å². The minimum Gasteiger partial charge on any atom is -0.466 e. The van der Waals surface area contributed by atoms with Gasteiger partial charge in [0.25, 0.3) is 8.32 Å².